The van der Waals surface area contributed by atoms with Crippen LogP contribution in [-0.4, -0.2) is 6.18 Å². The molecular formula is C9H17F3. The summed E-state index contributed by atoms with van der Waals surface area (Å²) < 4.78 is 36.1. The van der Waals surface area contributed by atoms with E-state index in [1.54, 1.807) is 0 Å². The van der Waals surface area contributed by atoms with Crippen molar-refractivity contribution in [1.29, 1.82) is 0 Å². The van der Waals surface area contributed by atoms with Gasteiger partial charge in [0.2, 0.25) is 0 Å². The molecule has 0 aromatic heterocycles. The van der Waals surface area contributed by atoms with Gasteiger partial charge in [-0.25, -0.2) is 0 Å². The average Bonchev–Trinajstić information content (AvgIpc) is 1.78. The highest BCUT2D eigenvalue weighted by Gasteiger charge is 2.35. The molecule has 0 aromatic rings. The van der Waals surface area contributed by atoms with Gasteiger partial charge in [-0.15, -0.1) is 0 Å². The number of rotatable bonds is 2. The highest BCUT2D eigenvalue weighted by atomic mass is 19.4. The molecule has 3 heteroatoms. The second-order valence-corrected chi connectivity index (χ2v) is 4.54. The Morgan fingerprint density at radius 1 is 1.08 bits per heavy atom. The third kappa shape index (κ3) is 5.44. The Bertz CT molecular complexity index is 130. The summed E-state index contributed by atoms with van der Waals surface area (Å²) >= 11 is 0. The van der Waals surface area contributed by atoms with Gasteiger partial charge in [0.1, 0.15) is 0 Å². The minimum Gasteiger partial charge on any atom is -0.171 e. The van der Waals surface area contributed by atoms with Crippen molar-refractivity contribution in [3.8, 4) is 0 Å². The Hall–Kier alpha value is -0.210. The Morgan fingerprint density at radius 2 is 1.50 bits per heavy atom. The maximum absolute atomic E-state index is 12.0. The SMILES string of the molecule is CC(CCC(C)(C)C)C(F)(F)F. The molecule has 0 saturated heterocycles. The summed E-state index contributed by atoms with van der Waals surface area (Å²) in [7, 11) is 0. The van der Waals surface area contributed by atoms with Crippen LogP contribution in [0, 0.1) is 11.3 Å². The first kappa shape index (κ1) is 11.8. The van der Waals surface area contributed by atoms with Crippen molar-refractivity contribution >= 4 is 0 Å². The molecule has 74 valence electrons. The van der Waals surface area contributed by atoms with Gasteiger partial charge in [0.15, 0.2) is 0 Å². The van der Waals surface area contributed by atoms with Gasteiger partial charge in [0, 0.05) is 0 Å². The van der Waals surface area contributed by atoms with Crippen molar-refractivity contribution in [1.82, 2.24) is 0 Å². The van der Waals surface area contributed by atoms with Crippen LogP contribution in [0.2, 0.25) is 0 Å². The highest BCUT2D eigenvalue weighted by Crippen LogP contribution is 2.32. The first-order valence-electron chi connectivity index (χ1n) is 4.19. The summed E-state index contributed by atoms with van der Waals surface area (Å²) in [6.07, 6.45) is -3.17. The Balaban J connectivity index is 3.80. The lowest BCUT2D eigenvalue weighted by molar-refractivity contribution is -0.172. The molecule has 0 fully saturated rings. The first-order valence-corrected chi connectivity index (χ1v) is 4.19. The molecule has 0 aromatic carbocycles. The van der Waals surface area contributed by atoms with Crippen molar-refractivity contribution in [2.24, 2.45) is 11.3 Å². The van der Waals surface area contributed by atoms with Crippen LogP contribution in [0.25, 0.3) is 0 Å². The van der Waals surface area contributed by atoms with Crippen LogP contribution in [0.15, 0.2) is 0 Å². The molecule has 0 aliphatic heterocycles. The maximum atomic E-state index is 12.0. The van der Waals surface area contributed by atoms with Crippen LogP contribution in [0.1, 0.15) is 40.5 Å². The second-order valence-electron chi connectivity index (χ2n) is 4.54. The number of halogens is 3. The fraction of sp³-hybridized carbons (Fsp3) is 1.00. The monoisotopic (exact) mass is 182 g/mol. The van der Waals surface area contributed by atoms with Crippen LogP contribution in [0.5, 0.6) is 0 Å². The smallest absolute Gasteiger partial charge is 0.171 e. The average molecular weight is 182 g/mol. The van der Waals surface area contributed by atoms with Gasteiger partial charge in [0.25, 0.3) is 0 Å². The van der Waals surface area contributed by atoms with Gasteiger partial charge < -0.3 is 0 Å². The second kappa shape index (κ2) is 3.67. The van der Waals surface area contributed by atoms with E-state index in [1.807, 2.05) is 20.8 Å². The third-order valence-corrected chi connectivity index (χ3v) is 1.89. The molecule has 0 heterocycles. The Labute approximate surface area is 72.2 Å². The molecule has 0 radical (unpaired) electrons. The molecular weight excluding hydrogens is 165 g/mol. The van der Waals surface area contributed by atoms with Gasteiger partial charge in [-0.2, -0.15) is 13.2 Å². The largest absolute Gasteiger partial charge is 0.391 e. The van der Waals surface area contributed by atoms with Crippen LogP contribution < -0.4 is 0 Å². The van der Waals surface area contributed by atoms with Crippen LogP contribution in [-0.2, 0) is 0 Å². The van der Waals surface area contributed by atoms with E-state index >= 15 is 0 Å². The summed E-state index contributed by atoms with van der Waals surface area (Å²) in [5.41, 5.74) is -0.000486. The minimum absolute atomic E-state index is 0.000486. The molecule has 0 aliphatic rings. The van der Waals surface area contributed by atoms with Crippen molar-refractivity contribution in [3.05, 3.63) is 0 Å². The standard InChI is InChI=1S/C9H17F3/c1-7(9(10,11)12)5-6-8(2,3)4/h7H,5-6H2,1-4H3. The quantitative estimate of drug-likeness (QED) is 0.605. The van der Waals surface area contributed by atoms with Crippen molar-refractivity contribution in [3.63, 3.8) is 0 Å². The van der Waals surface area contributed by atoms with Crippen molar-refractivity contribution < 1.29 is 13.2 Å². The fourth-order valence-corrected chi connectivity index (χ4v) is 0.813. The van der Waals surface area contributed by atoms with Gasteiger partial charge in [0.05, 0.1) is 5.92 Å². The van der Waals surface area contributed by atoms with E-state index in [4.69, 9.17) is 0 Å². The third-order valence-electron chi connectivity index (χ3n) is 1.89. The highest BCUT2D eigenvalue weighted by molar-refractivity contribution is 4.68. The summed E-state index contributed by atoms with van der Waals surface area (Å²) in [4.78, 5) is 0. The van der Waals surface area contributed by atoms with Crippen molar-refractivity contribution in [2.45, 2.75) is 46.7 Å². The molecule has 0 spiro atoms. The predicted molar refractivity (Wildman–Crippen MR) is 43.9 cm³/mol. The molecule has 0 rings (SSSR count). The van der Waals surface area contributed by atoms with Gasteiger partial charge in [-0.05, 0) is 18.3 Å². The molecule has 12 heavy (non-hydrogen) atoms. The molecule has 0 bridgehead atoms. The Kier molecular flexibility index (Phi) is 3.60. The van der Waals surface area contributed by atoms with Gasteiger partial charge in [-0.1, -0.05) is 27.7 Å². The zero-order valence-electron chi connectivity index (χ0n) is 8.13. The molecule has 0 aliphatic carbocycles. The lowest BCUT2D eigenvalue weighted by Gasteiger charge is -2.22. The normalized spacial score (nSPS) is 16.2. The summed E-state index contributed by atoms with van der Waals surface area (Å²) in [5.74, 6) is -1.17. The number of hydrogen-bond donors (Lipinski definition) is 0. The predicted octanol–water partition coefficient (Wildman–Crippen LogP) is 4.01. The first-order chi connectivity index (χ1) is 5.13. The van der Waals surface area contributed by atoms with E-state index in [9.17, 15) is 13.2 Å². The number of hydrogen-bond acceptors (Lipinski definition) is 0. The molecule has 1 atom stereocenters. The van der Waals surface area contributed by atoms with Crippen LogP contribution in [0.3, 0.4) is 0 Å². The van der Waals surface area contributed by atoms with E-state index in [-0.39, 0.29) is 11.8 Å². The topological polar surface area (TPSA) is 0 Å². The maximum Gasteiger partial charge on any atom is 0.391 e. The van der Waals surface area contributed by atoms with E-state index in [0.717, 1.165) is 0 Å². The molecule has 0 nitrogen and oxygen atoms in total. The van der Waals surface area contributed by atoms with E-state index < -0.39 is 12.1 Å². The summed E-state index contributed by atoms with van der Waals surface area (Å²) in [5, 5.41) is 0. The summed E-state index contributed by atoms with van der Waals surface area (Å²) in [6.45, 7) is 7.11. The molecule has 0 amide bonds. The van der Waals surface area contributed by atoms with E-state index in [0.29, 0.717) is 6.42 Å². The van der Waals surface area contributed by atoms with Gasteiger partial charge >= 0.3 is 6.18 Å². The van der Waals surface area contributed by atoms with Gasteiger partial charge in [-0.3, -0.25) is 0 Å². The molecule has 0 saturated carbocycles. The fourth-order valence-electron chi connectivity index (χ4n) is 0.813. The van der Waals surface area contributed by atoms with E-state index in [2.05, 4.69) is 0 Å². The van der Waals surface area contributed by atoms with E-state index in [1.165, 1.54) is 6.92 Å². The molecule has 0 N–H and O–H groups in total. The minimum atomic E-state index is -4.02. The van der Waals surface area contributed by atoms with Crippen LogP contribution >= 0.6 is 0 Å². The van der Waals surface area contributed by atoms with Crippen molar-refractivity contribution in [2.75, 3.05) is 0 Å². The zero-order chi connectivity index (χ0) is 9.99. The number of alkyl halides is 3. The lowest BCUT2D eigenvalue weighted by Crippen LogP contribution is -2.21. The molecule has 1 unspecified atom stereocenters. The van der Waals surface area contributed by atoms with Crippen LogP contribution in [0.4, 0.5) is 13.2 Å². The zero-order valence-corrected chi connectivity index (χ0v) is 8.13. The lowest BCUT2D eigenvalue weighted by atomic mass is 9.87. The Morgan fingerprint density at radius 3 is 1.75 bits per heavy atom. The summed E-state index contributed by atoms with van der Waals surface area (Å²) in [6, 6.07) is 0.